The predicted molar refractivity (Wildman–Crippen MR) is 121 cm³/mol. The van der Waals surface area contributed by atoms with Gasteiger partial charge >= 0.3 is 41.5 Å². The molecule has 5 N–H and O–H groups in total. The van der Waals surface area contributed by atoms with Gasteiger partial charge in [-0.3, -0.25) is 0 Å². The summed E-state index contributed by atoms with van der Waals surface area (Å²) in [5, 5.41) is 21.5. The number of carboxylic acids is 1. The van der Waals surface area contributed by atoms with Crippen LogP contribution in [0.15, 0.2) is 31.8 Å². The van der Waals surface area contributed by atoms with Gasteiger partial charge in [-0.2, -0.15) is 0 Å². The second-order valence-corrected chi connectivity index (χ2v) is 8.51. The van der Waals surface area contributed by atoms with Gasteiger partial charge in [0.1, 0.15) is 21.0 Å². The fraction of sp³-hybridized carbons (Fsp3) is 0.176. The van der Waals surface area contributed by atoms with Crippen molar-refractivity contribution in [2.45, 2.75) is 6.92 Å². The van der Waals surface area contributed by atoms with Crippen molar-refractivity contribution in [2.75, 3.05) is 13.7 Å². The number of carboxylic acid groups (broad SMARTS) is 1. The molecule has 0 bridgehead atoms. The number of aromatic carboxylic acids is 1. The maximum Gasteiger partial charge on any atom is 1.00 e. The molecule has 0 unspecified atom stereocenters. The van der Waals surface area contributed by atoms with Crippen molar-refractivity contribution in [1.29, 1.82) is 0 Å². The number of carbonyl (C=O) groups is 2. The topological polar surface area (TPSA) is 145 Å². The van der Waals surface area contributed by atoms with Crippen molar-refractivity contribution in [1.82, 2.24) is 9.97 Å². The zero-order valence-electron chi connectivity index (χ0n) is 16.2. The molecule has 4 aromatic heterocycles. The van der Waals surface area contributed by atoms with Crippen LogP contribution in [0.2, 0.25) is 0 Å². The van der Waals surface area contributed by atoms with Gasteiger partial charge < -0.3 is 30.4 Å². The van der Waals surface area contributed by atoms with E-state index in [1.807, 2.05) is 10.8 Å². The monoisotopic (exact) mass is 590 g/mol. The van der Waals surface area contributed by atoms with Crippen LogP contribution in [-0.2, 0) is 4.74 Å². The van der Waals surface area contributed by atoms with Crippen LogP contribution in [0.25, 0.3) is 20.4 Å². The minimum absolute atomic E-state index is 0. The molecule has 0 saturated heterocycles. The molecule has 4 aromatic rings. The van der Waals surface area contributed by atoms with Gasteiger partial charge in [0.25, 0.3) is 0 Å². The van der Waals surface area contributed by atoms with Crippen molar-refractivity contribution in [3.05, 3.63) is 43.2 Å². The molecule has 4 rings (SSSR count). The van der Waals surface area contributed by atoms with E-state index in [0.29, 0.717) is 12.3 Å². The summed E-state index contributed by atoms with van der Waals surface area (Å²) in [6.45, 7) is 2.19. The Morgan fingerprint density at radius 1 is 1.00 bits per heavy atom. The van der Waals surface area contributed by atoms with Crippen LogP contribution < -0.4 is 29.6 Å². The van der Waals surface area contributed by atoms with Gasteiger partial charge in [-0.05, 0) is 50.9 Å². The normalized spacial score (nSPS) is 9.50. The van der Waals surface area contributed by atoms with E-state index in [1.165, 1.54) is 11.3 Å². The average molecular weight is 592 g/mol. The minimum atomic E-state index is -0.926. The molecular formula is C17H17Br2N2NaO6S2. The molecule has 8 nitrogen and oxygen atoms in total. The molecule has 0 aliphatic heterocycles. The molecule has 0 aliphatic carbocycles. The number of H-pyrrole nitrogens is 2. The molecule has 30 heavy (non-hydrogen) atoms. The summed E-state index contributed by atoms with van der Waals surface area (Å²) in [4.78, 5) is 29.6. The Labute approximate surface area is 218 Å². The van der Waals surface area contributed by atoms with Gasteiger partial charge in [0.2, 0.25) is 0 Å². The second-order valence-electron chi connectivity index (χ2n) is 5.04. The summed E-state index contributed by atoms with van der Waals surface area (Å²) >= 11 is 9.78. The molecule has 0 atom stereocenters. The molecule has 0 amide bonds. The molecule has 0 spiro atoms. The van der Waals surface area contributed by atoms with Crippen LogP contribution in [0.4, 0.5) is 0 Å². The Bertz CT molecular complexity index is 1100. The molecule has 0 aromatic carbocycles. The summed E-state index contributed by atoms with van der Waals surface area (Å²) in [7, 11) is 1.00. The Hall–Kier alpha value is -0.700. The summed E-state index contributed by atoms with van der Waals surface area (Å²) in [6.07, 6.45) is 0. The van der Waals surface area contributed by atoms with E-state index in [2.05, 4.69) is 41.8 Å². The number of aliphatic hydroxyl groups excluding tert-OH is 1. The van der Waals surface area contributed by atoms with Crippen LogP contribution in [-0.4, -0.2) is 51.3 Å². The van der Waals surface area contributed by atoms with Crippen LogP contribution in [0.1, 0.15) is 27.9 Å². The molecular weight excluding hydrogens is 575 g/mol. The largest absolute Gasteiger partial charge is 1.00 e. The summed E-state index contributed by atoms with van der Waals surface area (Å²) in [5.74, 6) is -1.23. The quantitative estimate of drug-likeness (QED) is 0.212. The Kier molecular flexibility index (Phi) is 13.3. The third kappa shape index (κ3) is 6.90. The fourth-order valence-corrected chi connectivity index (χ4v) is 5.27. The maximum absolute atomic E-state index is 11.4. The number of carbonyl (C=O) groups excluding carboxylic acids is 1. The summed E-state index contributed by atoms with van der Waals surface area (Å²) in [5.41, 5.74) is 0.743. The average Bonchev–Trinajstić information content (AvgIpc) is 3.42. The number of hydrogen-bond acceptors (Lipinski definition) is 7. The molecule has 0 aliphatic rings. The zero-order valence-corrected chi connectivity index (χ0v) is 23.0. The number of fused-ring (bicyclic) bond motifs is 2. The number of halogens is 2. The van der Waals surface area contributed by atoms with Crippen molar-refractivity contribution >= 4 is 86.9 Å². The fourth-order valence-electron chi connectivity index (χ4n) is 2.19. The summed E-state index contributed by atoms with van der Waals surface area (Å²) < 4.78 is 6.83. The number of ether oxygens (including phenoxy) is 1. The van der Waals surface area contributed by atoms with Crippen molar-refractivity contribution in [3.8, 4) is 0 Å². The first-order chi connectivity index (χ1) is 13.4. The predicted octanol–water partition coefficient (Wildman–Crippen LogP) is 2.29. The number of hydrogen-bond donors (Lipinski definition) is 4. The first-order valence-corrected chi connectivity index (χ1v) is 11.1. The number of aromatic nitrogens is 2. The van der Waals surface area contributed by atoms with E-state index < -0.39 is 5.97 Å². The zero-order chi connectivity index (χ0) is 20.8. The first kappa shape index (κ1) is 29.3. The van der Waals surface area contributed by atoms with Gasteiger partial charge in [-0.25, -0.2) is 9.59 Å². The smallest absolute Gasteiger partial charge is 0.870 e. The summed E-state index contributed by atoms with van der Waals surface area (Å²) in [6, 6.07) is 3.42. The molecule has 0 saturated carbocycles. The maximum atomic E-state index is 11.4. The van der Waals surface area contributed by atoms with Crippen LogP contribution in [0.5, 0.6) is 0 Å². The van der Waals surface area contributed by atoms with Gasteiger partial charge in [0, 0.05) is 37.6 Å². The van der Waals surface area contributed by atoms with Gasteiger partial charge in [-0.1, -0.05) is 0 Å². The van der Waals surface area contributed by atoms with E-state index >= 15 is 0 Å². The van der Waals surface area contributed by atoms with E-state index in [0.717, 1.165) is 36.5 Å². The third-order valence-corrected chi connectivity index (χ3v) is 7.10. The van der Waals surface area contributed by atoms with E-state index in [9.17, 15) is 9.59 Å². The molecule has 0 radical (unpaired) electrons. The number of nitrogens with one attached hydrogen (secondary N) is 2. The van der Waals surface area contributed by atoms with Crippen LogP contribution in [0, 0.1) is 0 Å². The van der Waals surface area contributed by atoms with Crippen molar-refractivity contribution < 1.29 is 59.6 Å². The standard InChI is InChI=1S/C9H8BrNO2S.C7H4BrNO2S.CH4O.Na.H2O/c1-2-13-9(12)7-3-5-6(10)4-14-8(5)11-7;8-4-2-12-6-3(4)1-5(9-6)7(10)11;1-2;;/h3-4,11H,2H2,1H3;1-2,9H,(H,10,11);2H,1H3;;1H2/q;;;+1;/p-1. The molecule has 13 heteroatoms. The van der Waals surface area contributed by atoms with Crippen LogP contribution >= 0.6 is 54.5 Å². The van der Waals surface area contributed by atoms with Crippen molar-refractivity contribution in [2.24, 2.45) is 0 Å². The number of aromatic amines is 2. The molecule has 158 valence electrons. The van der Waals surface area contributed by atoms with E-state index in [1.54, 1.807) is 30.4 Å². The van der Waals surface area contributed by atoms with E-state index in [-0.39, 0.29) is 46.7 Å². The Morgan fingerprint density at radius 3 is 1.83 bits per heavy atom. The minimum Gasteiger partial charge on any atom is -0.870 e. The van der Waals surface area contributed by atoms with Gasteiger partial charge in [-0.15, -0.1) is 22.7 Å². The third-order valence-electron chi connectivity index (χ3n) is 3.36. The van der Waals surface area contributed by atoms with Gasteiger partial charge in [0.05, 0.1) is 6.61 Å². The second kappa shape index (κ2) is 13.7. The number of aliphatic hydroxyl groups is 1. The van der Waals surface area contributed by atoms with Crippen molar-refractivity contribution in [3.63, 3.8) is 0 Å². The molecule has 0 fully saturated rings. The van der Waals surface area contributed by atoms with E-state index in [4.69, 9.17) is 14.9 Å². The van der Waals surface area contributed by atoms with Gasteiger partial charge in [0.15, 0.2) is 0 Å². The number of thiophene rings is 2. The number of esters is 1. The number of rotatable bonds is 3. The SMILES string of the molecule is CCOC(=O)c1cc2c(Br)csc2[nH]1.CO.O=C(O)c1cc2c(Br)csc2[nH]1.[Na+].[OH-]. The molecule has 4 heterocycles. The first-order valence-electron chi connectivity index (χ1n) is 7.77. The van der Waals surface area contributed by atoms with Crippen LogP contribution in [0.3, 0.4) is 0 Å². The Balaban J connectivity index is 0.000000492. The Morgan fingerprint density at radius 2 is 1.43 bits per heavy atom.